The molecule has 1 unspecified atom stereocenters. The van der Waals surface area contributed by atoms with Gasteiger partial charge in [0.25, 0.3) is 0 Å². The molecule has 0 radical (unpaired) electrons. The summed E-state index contributed by atoms with van der Waals surface area (Å²) in [6.07, 6.45) is 2.68. The summed E-state index contributed by atoms with van der Waals surface area (Å²) in [4.78, 5) is 14.4. The maximum atomic E-state index is 12.0. The summed E-state index contributed by atoms with van der Waals surface area (Å²) in [6, 6.07) is 9.93. The number of methoxy groups -OCH3 is 1. The predicted molar refractivity (Wildman–Crippen MR) is 76.0 cm³/mol. The molecular formula is C16H23NO2. The Morgan fingerprint density at radius 3 is 2.58 bits per heavy atom. The van der Waals surface area contributed by atoms with Crippen molar-refractivity contribution in [3.05, 3.63) is 35.9 Å². The Labute approximate surface area is 115 Å². The van der Waals surface area contributed by atoms with Crippen molar-refractivity contribution in [3.8, 4) is 0 Å². The van der Waals surface area contributed by atoms with Gasteiger partial charge in [0, 0.05) is 13.1 Å². The van der Waals surface area contributed by atoms with Crippen LogP contribution in [0.1, 0.15) is 31.2 Å². The van der Waals surface area contributed by atoms with E-state index in [9.17, 15) is 4.79 Å². The third-order valence-electron chi connectivity index (χ3n) is 3.79. The topological polar surface area (TPSA) is 29.5 Å². The van der Waals surface area contributed by atoms with Crippen LogP contribution in [0.2, 0.25) is 0 Å². The van der Waals surface area contributed by atoms with E-state index in [2.05, 4.69) is 11.8 Å². The van der Waals surface area contributed by atoms with Gasteiger partial charge in [-0.1, -0.05) is 37.3 Å². The quantitative estimate of drug-likeness (QED) is 0.707. The van der Waals surface area contributed by atoms with Gasteiger partial charge in [-0.15, -0.1) is 0 Å². The van der Waals surface area contributed by atoms with Crippen LogP contribution in [-0.4, -0.2) is 37.6 Å². The Morgan fingerprint density at radius 2 is 2.05 bits per heavy atom. The largest absolute Gasteiger partial charge is 0.469 e. The van der Waals surface area contributed by atoms with Crippen molar-refractivity contribution in [1.82, 2.24) is 4.90 Å². The highest BCUT2D eigenvalue weighted by Crippen LogP contribution is 2.30. The lowest BCUT2D eigenvalue weighted by Crippen LogP contribution is -2.34. The number of hydrogen-bond donors (Lipinski definition) is 0. The lowest BCUT2D eigenvalue weighted by Gasteiger charge is -2.25. The van der Waals surface area contributed by atoms with Crippen molar-refractivity contribution in [2.24, 2.45) is 5.92 Å². The van der Waals surface area contributed by atoms with Crippen LogP contribution in [0.15, 0.2) is 30.3 Å². The van der Waals surface area contributed by atoms with Crippen molar-refractivity contribution < 1.29 is 9.53 Å². The summed E-state index contributed by atoms with van der Waals surface area (Å²) >= 11 is 0. The van der Waals surface area contributed by atoms with Crippen LogP contribution in [-0.2, 0) is 9.53 Å². The first-order valence-corrected chi connectivity index (χ1v) is 7.09. The molecule has 2 rings (SSSR count). The monoisotopic (exact) mass is 261 g/mol. The third kappa shape index (κ3) is 4.06. The molecule has 0 bridgehead atoms. The molecule has 1 aromatic rings. The minimum atomic E-state index is -0.176. The molecule has 3 heteroatoms. The summed E-state index contributed by atoms with van der Waals surface area (Å²) in [6.45, 7) is 5.00. The van der Waals surface area contributed by atoms with Crippen molar-refractivity contribution in [2.75, 3.05) is 26.7 Å². The van der Waals surface area contributed by atoms with Gasteiger partial charge in [0.15, 0.2) is 0 Å². The Morgan fingerprint density at radius 1 is 1.37 bits per heavy atom. The summed E-state index contributed by atoms with van der Waals surface area (Å²) in [7, 11) is 1.47. The zero-order valence-corrected chi connectivity index (χ0v) is 11.8. The van der Waals surface area contributed by atoms with Gasteiger partial charge >= 0.3 is 5.97 Å². The molecule has 0 N–H and O–H groups in total. The predicted octanol–water partition coefficient (Wildman–Crippen LogP) is 2.68. The van der Waals surface area contributed by atoms with Crippen molar-refractivity contribution in [1.29, 1.82) is 0 Å². The molecule has 1 fully saturated rings. The van der Waals surface area contributed by atoms with Crippen LogP contribution in [0.25, 0.3) is 0 Å². The summed E-state index contributed by atoms with van der Waals surface area (Å²) in [5, 5.41) is 0. The van der Waals surface area contributed by atoms with E-state index in [0.29, 0.717) is 0 Å². The Kier molecular flexibility index (Phi) is 4.97. The van der Waals surface area contributed by atoms with E-state index in [1.807, 2.05) is 30.3 Å². The first-order valence-electron chi connectivity index (χ1n) is 7.09. The number of ether oxygens (including phenoxy) is 1. The number of nitrogens with zero attached hydrogens (tertiary/aromatic N) is 1. The number of benzene rings is 1. The summed E-state index contributed by atoms with van der Waals surface area (Å²) < 4.78 is 4.97. The molecule has 1 saturated carbocycles. The first kappa shape index (κ1) is 14.1. The molecule has 1 aliphatic rings. The maximum Gasteiger partial charge on any atom is 0.314 e. The number of likely N-dealkylation sites (N-methyl/N-ethyl adjacent to an activating group) is 1. The molecule has 0 aliphatic heterocycles. The van der Waals surface area contributed by atoms with Gasteiger partial charge in [0.1, 0.15) is 0 Å². The molecular weight excluding hydrogens is 238 g/mol. The molecule has 0 amide bonds. The molecule has 1 aliphatic carbocycles. The van der Waals surface area contributed by atoms with E-state index >= 15 is 0 Å². The first-order chi connectivity index (χ1) is 9.24. The van der Waals surface area contributed by atoms with E-state index in [-0.39, 0.29) is 11.9 Å². The molecule has 0 heterocycles. The van der Waals surface area contributed by atoms with Gasteiger partial charge in [-0.3, -0.25) is 4.79 Å². The Hall–Kier alpha value is -1.35. The van der Waals surface area contributed by atoms with Crippen molar-refractivity contribution in [3.63, 3.8) is 0 Å². The van der Waals surface area contributed by atoms with Crippen molar-refractivity contribution in [2.45, 2.75) is 25.7 Å². The van der Waals surface area contributed by atoms with Crippen LogP contribution < -0.4 is 0 Å². The van der Waals surface area contributed by atoms with Crippen LogP contribution in [0.4, 0.5) is 0 Å². The molecule has 19 heavy (non-hydrogen) atoms. The van der Waals surface area contributed by atoms with E-state index in [1.54, 1.807) is 0 Å². The second kappa shape index (κ2) is 6.71. The van der Waals surface area contributed by atoms with E-state index in [0.717, 1.165) is 31.1 Å². The second-order valence-electron chi connectivity index (χ2n) is 5.28. The number of hydrogen-bond acceptors (Lipinski definition) is 3. The third-order valence-corrected chi connectivity index (χ3v) is 3.79. The number of carbonyl (C=O) groups is 1. The molecule has 0 aromatic heterocycles. The fourth-order valence-electron chi connectivity index (χ4n) is 2.40. The average molecular weight is 261 g/mol. The lowest BCUT2D eigenvalue weighted by molar-refractivity contribution is -0.143. The Balaban J connectivity index is 2.06. The molecule has 0 saturated heterocycles. The molecule has 104 valence electrons. The van der Waals surface area contributed by atoms with Gasteiger partial charge in [-0.05, 0) is 30.9 Å². The zero-order chi connectivity index (χ0) is 13.7. The highest BCUT2D eigenvalue weighted by Gasteiger charge is 2.28. The van der Waals surface area contributed by atoms with Gasteiger partial charge in [0.05, 0.1) is 13.0 Å². The maximum absolute atomic E-state index is 12.0. The van der Waals surface area contributed by atoms with Crippen LogP contribution in [0, 0.1) is 5.92 Å². The minimum Gasteiger partial charge on any atom is -0.469 e. The number of esters is 1. The minimum absolute atomic E-state index is 0.138. The second-order valence-corrected chi connectivity index (χ2v) is 5.28. The van der Waals surface area contributed by atoms with Crippen molar-refractivity contribution >= 4 is 5.97 Å². The highest BCUT2D eigenvalue weighted by molar-refractivity contribution is 5.78. The SMILES string of the molecule is CCN(CC1CC1)CC(C(=O)OC)c1ccccc1. The van der Waals surface area contributed by atoms with Gasteiger partial charge in [-0.25, -0.2) is 0 Å². The van der Waals surface area contributed by atoms with E-state index < -0.39 is 0 Å². The standard InChI is InChI=1S/C16H23NO2/c1-3-17(11-13-9-10-13)12-15(16(18)19-2)14-7-5-4-6-8-14/h4-8,13,15H,3,9-12H2,1-2H3. The van der Waals surface area contributed by atoms with E-state index in [1.165, 1.54) is 20.0 Å². The van der Waals surface area contributed by atoms with Crippen LogP contribution in [0.5, 0.6) is 0 Å². The van der Waals surface area contributed by atoms with E-state index in [4.69, 9.17) is 4.74 Å². The smallest absolute Gasteiger partial charge is 0.314 e. The average Bonchev–Trinajstić information content (AvgIpc) is 3.27. The number of rotatable bonds is 7. The normalized spacial score (nSPS) is 16.4. The van der Waals surface area contributed by atoms with Crippen LogP contribution in [0.3, 0.4) is 0 Å². The van der Waals surface area contributed by atoms with Gasteiger partial charge in [-0.2, -0.15) is 0 Å². The lowest BCUT2D eigenvalue weighted by atomic mass is 9.98. The van der Waals surface area contributed by atoms with Gasteiger partial charge in [0.2, 0.25) is 0 Å². The molecule has 3 nitrogen and oxygen atoms in total. The zero-order valence-electron chi connectivity index (χ0n) is 11.8. The summed E-state index contributed by atoms with van der Waals surface area (Å²) in [5.74, 6) is 0.527. The highest BCUT2D eigenvalue weighted by atomic mass is 16.5. The Bertz CT molecular complexity index is 400. The number of carbonyl (C=O) groups excluding carboxylic acids is 1. The fraction of sp³-hybridized carbons (Fsp3) is 0.562. The fourth-order valence-corrected chi connectivity index (χ4v) is 2.40. The molecule has 0 spiro atoms. The molecule has 1 aromatic carbocycles. The van der Waals surface area contributed by atoms with Crippen LogP contribution >= 0.6 is 0 Å². The summed E-state index contributed by atoms with van der Waals surface area (Å²) in [5.41, 5.74) is 1.04. The van der Waals surface area contributed by atoms with Gasteiger partial charge < -0.3 is 9.64 Å². The molecule has 1 atom stereocenters.